The van der Waals surface area contributed by atoms with E-state index in [2.05, 4.69) is 28.4 Å². The summed E-state index contributed by atoms with van der Waals surface area (Å²) < 4.78 is 0. The summed E-state index contributed by atoms with van der Waals surface area (Å²) in [6.07, 6.45) is 11.1. The Kier molecular flexibility index (Phi) is 6.11. The largest absolute Gasteiger partial charge is 0.372 e. The van der Waals surface area contributed by atoms with E-state index in [0.29, 0.717) is 0 Å². The minimum Gasteiger partial charge on any atom is -0.372 e. The van der Waals surface area contributed by atoms with Crippen LogP contribution < -0.4 is 10.2 Å². The third kappa shape index (κ3) is 4.85. The number of hydrogen-bond donors (Lipinski definition) is 1. The monoisotopic (exact) mass is 337 g/mol. The lowest BCUT2D eigenvalue weighted by Gasteiger charge is -2.28. The lowest BCUT2D eigenvalue weighted by Crippen LogP contribution is -2.36. The van der Waals surface area contributed by atoms with Crippen LogP contribution >= 0.6 is 0 Å². The van der Waals surface area contributed by atoms with Gasteiger partial charge in [-0.25, -0.2) is 0 Å². The first-order chi connectivity index (χ1) is 12.3. The molecule has 4 nitrogen and oxygen atoms in total. The van der Waals surface area contributed by atoms with Crippen LogP contribution in [0.1, 0.15) is 56.9 Å². The zero-order chi connectivity index (χ0) is 17.5. The number of rotatable bonds is 4. The molecule has 25 heavy (non-hydrogen) atoms. The topological polar surface area (TPSA) is 56.1 Å². The molecular weight excluding hydrogens is 310 g/mol. The van der Waals surface area contributed by atoms with E-state index in [1.54, 1.807) is 6.08 Å². The number of piperidine rings is 1. The fourth-order valence-electron chi connectivity index (χ4n) is 3.76. The predicted molar refractivity (Wildman–Crippen MR) is 101 cm³/mol. The zero-order valence-corrected chi connectivity index (χ0v) is 14.8. The van der Waals surface area contributed by atoms with Crippen LogP contribution in [-0.4, -0.2) is 25.0 Å². The van der Waals surface area contributed by atoms with Gasteiger partial charge in [-0.05, 0) is 55.9 Å². The van der Waals surface area contributed by atoms with Crippen LogP contribution in [0.3, 0.4) is 0 Å². The molecule has 1 saturated heterocycles. The molecule has 3 rings (SSSR count). The summed E-state index contributed by atoms with van der Waals surface area (Å²) in [6.45, 7) is 2.23. The van der Waals surface area contributed by atoms with E-state index in [-0.39, 0.29) is 17.5 Å². The van der Waals surface area contributed by atoms with Crippen molar-refractivity contribution < 1.29 is 4.79 Å². The molecule has 0 spiro atoms. The quantitative estimate of drug-likeness (QED) is 0.666. The van der Waals surface area contributed by atoms with Crippen LogP contribution in [0, 0.1) is 11.3 Å². The molecule has 1 aromatic carbocycles. The van der Waals surface area contributed by atoms with Crippen LogP contribution in [0.2, 0.25) is 0 Å². The molecule has 2 fully saturated rings. The van der Waals surface area contributed by atoms with Gasteiger partial charge in [-0.3, -0.25) is 4.79 Å². The van der Waals surface area contributed by atoms with Crippen LogP contribution in [0.15, 0.2) is 29.8 Å². The van der Waals surface area contributed by atoms with Crippen LogP contribution in [0.4, 0.5) is 5.69 Å². The molecule has 1 N–H and O–H groups in total. The van der Waals surface area contributed by atoms with Crippen molar-refractivity contribution in [3.8, 4) is 6.07 Å². The highest BCUT2D eigenvalue weighted by Crippen LogP contribution is 2.21. The minimum absolute atomic E-state index is 0.191. The standard InChI is InChI=1S/C21H27N3O/c22-16-18(21(25)23-19-7-3-1-4-8-19)15-17-9-11-20(12-10-17)24-13-5-2-6-14-24/h9-12,15,19H,1-8,13-14H2,(H,23,25)/b18-15-. The van der Waals surface area contributed by atoms with Gasteiger partial charge < -0.3 is 10.2 Å². The maximum Gasteiger partial charge on any atom is 0.262 e. The predicted octanol–water partition coefficient (Wildman–Crippen LogP) is 4.03. The molecule has 0 unspecified atom stereocenters. The highest BCUT2D eigenvalue weighted by atomic mass is 16.1. The van der Waals surface area contributed by atoms with E-state index >= 15 is 0 Å². The Morgan fingerprint density at radius 3 is 2.32 bits per heavy atom. The lowest BCUT2D eigenvalue weighted by atomic mass is 9.95. The highest BCUT2D eigenvalue weighted by molar-refractivity contribution is 6.01. The summed E-state index contributed by atoms with van der Waals surface area (Å²) in [7, 11) is 0. The number of carbonyl (C=O) groups is 1. The fraction of sp³-hybridized carbons (Fsp3) is 0.524. The van der Waals surface area contributed by atoms with E-state index < -0.39 is 0 Å². The van der Waals surface area contributed by atoms with Gasteiger partial charge in [0, 0.05) is 24.8 Å². The van der Waals surface area contributed by atoms with Gasteiger partial charge in [-0.1, -0.05) is 31.4 Å². The molecule has 0 aromatic heterocycles. The maximum absolute atomic E-state index is 12.4. The van der Waals surface area contributed by atoms with E-state index in [0.717, 1.165) is 44.3 Å². The number of anilines is 1. The van der Waals surface area contributed by atoms with Crippen LogP contribution in [0.5, 0.6) is 0 Å². The Bertz CT molecular complexity index is 645. The molecule has 1 aromatic rings. The molecule has 0 bridgehead atoms. The van der Waals surface area contributed by atoms with Gasteiger partial charge in [0.2, 0.25) is 0 Å². The summed E-state index contributed by atoms with van der Waals surface area (Å²) >= 11 is 0. The van der Waals surface area contributed by atoms with Crippen molar-refractivity contribution in [2.75, 3.05) is 18.0 Å². The van der Waals surface area contributed by atoms with Crippen LogP contribution in [-0.2, 0) is 4.79 Å². The smallest absolute Gasteiger partial charge is 0.262 e. The minimum atomic E-state index is -0.241. The second-order valence-corrected chi connectivity index (χ2v) is 7.12. The normalized spacial score (nSPS) is 19.3. The molecule has 1 heterocycles. The van der Waals surface area contributed by atoms with Crippen molar-refractivity contribution in [2.45, 2.75) is 57.4 Å². The van der Waals surface area contributed by atoms with Gasteiger partial charge in [0.1, 0.15) is 11.6 Å². The van der Waals surface area contributed by atoms with Gasteiger partial charge in [0.05, 0.1) is 0 Å². The number of hydrogen-bond acceptors (Lipinski definition) is 3. The van der Waals surface area contributed by atoms with Crippen molar-refractivity contribution in [2.24, 2.45) is 0 Å². The van der Waals surface area contributed by atoms with Gasteiger partial charge in [-0.2, -0.15) is 5.26 Å². The van der Waals surface area contributed by atoms with Gasteiger partial charge in [-0.15, -0.1) is 0 Å². The van der Waals surface area contributed by atoms with E-state index in [1.165, 1.54) is 31.4 Å². The average Bonchev–Trinajstić information content (AvgIpc) is 2.68. The first kappa shape index (κ1) is 17.5. The Labute approximate surface area is 150 Å². The Hall–Kier alpha value is -2.28. The molecular formula is C21H27N3O. The third-order valence-corrected chi connectivity index (χ3v) is 5.23. The molecule has 2 aliphatic rings. The van der Waals surface area contributed by atoms with Crippen molar-refractivity contribution in [3.05, 3.63) is 35.4 Å². The van der Waals surface area contributed by atoms with Gasteiger partial charge in [0.25, 0.3) is 5.91 Å². The lowest BCUT2D eigenvalue weighted by molar-refractivity contribution is -0.117. The van der Waals surface area contributed by atoms with Crippen LogP contribution in [0.25, 0.3) is 6.08 Å². The molecule has 0 atom stereocenters. The number of benzene rings is 1. The second-order valence-electron chi connectivity index (χ2n) is 7.12. The number of nitrogens with one attached hydrogen (secondary N) is 1. The summed E-state index contributed by atoms with van der Waals surface area (Å²) in [6, 6.07) is 10.4. The first-order valence-corrected chi connectivity index (χ1v) is 9.54. The average molecular weight is 337 g/mol. The Morgan fingerprint density at radius 2 is 1.68 bits per heavy atom. The van der Waals surface area contributed by atoms with Crippen molar-refractivity contribution >= 4 is 17.7 Å². The molecule has 0 radical (unpaired) electrons. The second kappa shape index (κ2) is 8.71. The van der Waals surface area contributed by atoms with Crippen molar-refractivity contribution in [1.29, 1.82) is 5.26 Å². The summed E-state index contributed by atoms with van der Waals surface area (Å²) in [4.78, 5) is 14.8. The maximum atomic E-state index is 12.4. The summed E-state index contributed by atoms with van der Waals surface area (Å²) in [5.41, 5.74) is 2.31. The third-order valence-electron chi connectivity index (χ3n) is 5.23. The molecule has 1 aliphatic heterocycles. The van der Waals surface area contributed by atoms with Gasteiger partial charge in [0.15, 0.2) is 0 Å². The number of nitriles is 1. The van der Waals surface area contributed by atoms with E-state index in [9.17, 15) is 10.1 Å². The van der Waals surface area contributed by atoms with Crippen molar-refractivity contribution in [1.82, 2.24) is 5.32 Å². The fourth-order valence-corrected chi connectivity index (χ4v) is 3.76. The molecule has 132 valence electrons. The summed E-state index contributed by atoms with van der Waals surface area (Å²) in [5, 5.41) is 12.4. The molecule has 4 heteroatoms. The number of nitrogens with zero attached hydrogens (tertiary/aromatic N) is 2. The number of amides is 1. The first-order valence-electron chi connectivity index (χ1n) is 9.54. The van der Waals surface area contributed by atoms with E-state index in [1.807, 2.05) is 12.1 Å². The SMILES string of the molecule is N#C/C(=C/c1ccc(N2CCCCC2)cc1)C(=O)NC1CCCCC1. The highest BCUT2D eigenvalue weighted by Gasteiger charge is 2.18. The zero-order valence-electron chi connectivity index (χ0n) is 14.8. The summed E-state index contributed by atoms with van der Waals surface area (Å²) in [5.74, 6) is -0.241. The molecule has 1 aliphatic carbocycles. The van der Waals surface area contributed by atoms with Crippen molar-refractivity contribution in [3.63, 3.8) is 0 Å². The number of carbonyl (C=O) groups excluding carboxylic acids is 1. The molecule has 1 amide bonds. The van der Waals surface area contributed by atoms with Gasteiger partial charge >= 0.3 is 0 Å². The molecule has 1 saturated carbocycles. The Morgan fingerprint density at radius 1 is 1.04 bits per heavy atom. The van der Waals surface area contributed by atoms with E-state index in [4.69, 9.17) is 0 Å². The Balaban J connectivity index is 1.64.